The summed E-state index contributed by atoms with van der Waals surface area (Å²) in [7, 11) is 0. The molecule has 54 valence electrons. The summed E-state index contributed by atoms with van der Waals surface area (Å²) in [6.07, 6.45) is 4.07. The first-order chi connectivity index (χ1) is 4.23. The molecule has 1 saturated carbocycles. The van der Waals surface area contributed by atoms with Gasteiger partial charge in [0.15, 0.2) is 0 Å². The number of rotatable bonds is 2. The first kappa shape index (κ1) is 7.07. The molecule has 2 unspecified atom stereocenters. The molecule has 1 aliphatic rings. The largest absolute Gasteiger partial charge is 0.330 e. The van der Waals surface area contributed by atoms with Crippen LogP contribution in [0.25, 0.3) is 0 Å². The Labute approximate surface area is 57.6 Å². The Bertz CT molecular complexity index is 94.7. The minimum atomic E-state index is 0.509. The zero-order chi connectivity index (χ0) is 6.91. The van der Waals surface area contributed by atoms with Crippen LogP contribution < -0.4 is 5.73 Å². The van der Waals surface area contributed by atoms with E-state index < -0.39 is 0 Å². The van der Waals surface area contributed by atoms with Crippen molar-refractivity contribution in [2.75, 3.05) is 6.54 Å². The molecule has 1 aliphatic carbocycles. The van der Waals surface area contributed by atoms with E-state index in [-0.39, 0.29) is 0 Å². The van der Waals surface area contributed by atoms with E-state index in [0.29, 0.717) is 5.41 Å². The minimum Gasteiger partial charge on any atom is -0.330 e. The lowest BCUT2D eigenvalue weighted by molar-refractivity contribution is 0.0573. The molecule has 1 nitrogen and oxygen atoms in total. The summed E-state index contributed by atoms with van der Waals surface area (Å²) < 4.78 is 0. The molecule has 1 rings (SSSR count). The Balaban J connectivity index is 2.41. The second-order valence-corrected chi connectivity index (χ2v) is 3.50. The van der Waals surface area contributed by atoms with Crippen LogP contribution in [0.4, 0.5) is 0 Å². The average molecular weight is 127 g/mol. The lowest BCUT2D eigenvalue weighted by Crippen LogP contribution is -2.43. The third kappa shape index (κ3) is 0.983. The van der Waals surface area contributed by atoms with E-state index in [9.17, 15) is 0 Å². The van der Waals surface area contributed by atoms with E-state index in [1.165, 1.54) is 19.3 Å². The summed E-state index contributed by atoms with van der Waals surface area (Å²) in [4.78, 5) is 0. The van der Waals surface area contributed by atoms with Crippen molar-refractivity contribution in [3.63, 3.8) is 0 Å². The maximum atomic E-state index is 5.63. The molecule has 0 spiro atoms. The van der Waals surface area contributed by atoms with E-state index in [4.69, 9.17) is 5.73 Å². The highest BCUT2D eigenvalue weighted by atomic mass is 14.6. The van der Waals surface area contributed by atoms with Gasteiger partial charge in [0.1, 0.15) is 0 Å². The monoisotopic (exact) mass is 127 g/mol. The summed E-state index contributed by atoms with van der Waals surface area (Å²) in [6, 6.07) is 0. The van der Waals surface area contributed by atoms with Gasteiger partial charge in [0.25, 0.3) is 0 Å². The topological polar surface area (TPSA) is 26.0 Å². The first-order valence-electron chi connectivity index (χ1n) is 3.93. The van der Waals surface area contributed by atoms with Crippen LogP contribution in [0.5, 0.6) is 0 Å². The zero-order valence-electron chi connectivity index (χ0n) is 6.48. The SMILES string of the molecule is CCC1CCC1(C)CN. The summed E-state index contributed by atoms with van der Waals surface area (Å²) in [6.45, 7) is 5.45. The van der Waals surface area contributed by atoms with Crippen LogP contribution in [-0.4, -0.2) is 6.54 Å². The summed E-state index contributed by atoms with van der Waals surface area (Å²) >= 11 is 0. The van der Waals surface area contributed by atoms with Crippen molar-refractivity contribution in [2.24, 2.45) is 17.1 Å². The van der Waals surface area contributed by atoms with Gasteiger partial charge in [-0.1, -0.05) is 20.3 Å². The lowest BCUT2D eigenvalue weighted by Gasteiger charge is -2.46. The molecule has 0 amide bonds. The van der Waals surface area contributed by atoms with Crippen LogP contribution in [-0.2, 0) is 0 Å². The molecule has 2 N–H and O–H groups in total. The Kier molecular flexibility index (Phi) is 1.80. The molecule has 0 aromatic carbocycles. The molecular formula is C8H17N. The molecule has 0 saturated heterocycles. The molecule has 0 radical (unpaired) electrons. The van der Waals surface area contributed by atoms with Crippen molar-refractivity contribution in [1.82, 2.24) is 0 Å². The fourth-order valence-corrected chi connectivity index (χ4v) is 1.81. The highest BCUT2D eigenvalue weighted by Gasteiger charge is 2.39. The van der Waals surface area contributed by atoms with Crippen LogP contribution in [0.1, 0.15) is 33.1 Å². The second kappa shape index (κ2) is 2.30. The number of hydrogen-bond acceptors (Lipinski definition) is 1. The minimum absolute atomic E-state index is 0.509. The van der Waals surface area contributed by atoms with Crippen LogP contribution in [0.2, 0.25) is 0 Å². The molecule has 1 heteroatoms. The smallest absolute Gasteiger partial charge is 0.00205 e. The third-order valence-electron chi connectivity index (χ3n) is 3.01. The van der Waals surface area contributed by atoms with Crippen molar-refractivity contribution in [1.29, 1.82) is 0 Å². The van der Waals surface area contributed by atoms with Gasteiger partial charge in [-0.15, -0.1) is 0 Å². The predicted octanol–water partition coefficient (Wildman–Crippen LogP) is 1.77. The predicted molar refractivity (Wildman–Crippen MR) is 40.2 cm³/mol. The maximum Gasteiger partial charge on any atom is -0.00205 e. The van der Waals surface area contributed by atoms with Crippen LogP contribution in [0.15, 0.2) is 0 Å². The Morgan fingerprint density at radius 1 is 1.67 bits per heavy atom. The molecule has 0 aromatic rings. The highest BCUT2D eigenvalue weighted by Crippen LogP contribution is 2.46. The van der Waals surface area contributed by atoms with Crippen LogP contribution >= 0.6 is 0 Å². The molecule has 0 bridgehead atoms. The quantitative estimate of drug-likeness (QED) is 0.601. The van der Waals surface area contributed by atoms with Gasteiger partial charge in [0.05, 0.1) is 0 Å². The number of nitrogens with two attached hydrogens (primary N) is 1. The van der Waals surface area contributed by atoms with Crippen LogP contribution in [0, 0.1) is 11.3 Å². The lowest BCUT2D eigenvalue weighted by atomic mass is 9.60. The van der Waals surface area contributed by atoms with Gasteiger partial charge in [0, 0.05) is 0 Å². The molecule has 0 aromatic heterocycles. The van der Waals surface area contributed by atoms with Gasteiger partial charge >= 0.3 is 0 Å². The molecular weight excluding hydrogens is 110 g/mol. The second-order valence-electron chi connectivity index (χ2n) is 3.50. The van der Waals surface area contributed by atoms with Crippen molar-refractivity contribution in [3.05, 3.63) is 0 Å². The molecule has 0 aliphatic heterocycles. The van der Waals surface area contributed by atoms with Gasteiger partial charge in [-0.25, -0.2) is 0 Å². The molecule has 2 atom stereocenters. The van der Waals surface area contributed by atoms with Crippen LogP contribution in [0.3, 0.4) is 0 Å². The summed E-state index contributed by atoms with van der Waals surface area (Å²) in [5.41, 5.74) is 6.14. The van der Waals surface area contributed by atoms with Crippen molar-refractivity contribution in [3.8, 4) is 0 Å². The Hall–Kier alpha value is -0.0400. The normalized spacial score (nSPS) is 42.3. The fourth-order valence-electron chi connectivity index (χ4n) is 1.81. The third-order valence-corrected chi connectivity index (χ3v) is 3.01. The average Bonchev–Trinajstić information content (AvgIpc) is 1.85. The van der Waals surface area contributed by atoms with Gasteiger partial charge < -0.3 is 5.73 Å². The van der Waals surface area contributed by atoms with E-state index in [1.54, 1.807) is 0 Å². The summed E-state index contributed by atoms with van der Waals surface area (Å²) in [5, 5.41) is 0. The van der Waals surface area contributed by atoms with Crippen molar-refractivity contribution >= 4 is 0 Å². The van der Waals surface area contributed by atoms with Crippen molar-refractivity contribution < 1.29 is 0 Å². The molecule has 9 heavy (non-hydrogen) atoms. The maximum absolute atomic E-state index is 5.63. The molecule has 1 fully saturated rings. The standard InChI is InChI=1S/C8H17N/c1-3-7-4-5-8(7,2)6-9/h7H,3-6,9H2,1-2H3. The van der Waals surface area contributed by atoms with E-state index in [1.807, 2.05) is 0 Å². The number of hydrogen-bond donors (Lipinski definition) is 1. The van der Waals surface area contributed by atoms with E-state index >= 15 is 0 Å². The van der Waals surface area contributed by atoms with Gasteiger partial charge in [-0.2, -0.15) is 0 Å². The Morgan fingerprint density at radius 3 is 2.44 bits per heavy atom. The van der Waals surface area contributed by atoms with Gasteiger partial charge in [-0.05, 0) is 30.7 Å². The highest BCUT2D eigenvalue weighted by molar-refractivity contribution is 4.91. The van der Waals surface area contributed by atoms with Gasteiger partial charge in [-0.3, -0.25) is 0 Å². The summed E-state index contributed by atoms with van der Waals surface area (Å²) in [5.74, 6) is 0.919. The van der Waals surface area contributed by atoms with Gasteiger partial charge in [0.2, 0.25) is 0 Å². The molecule has 0 heterocycles. The zero-order valence-corrected chi connectivity index (χ0v) is 6.48. The van der Waals surface area contributed by atoms with Crippen molar-refractivity contribution in [2.45, 2.75) is 33.1 Å². The first-order valence-corrected chi connectivity index (χ1v) is 3.93. The van der Waals surface area contributed by atoms with E-state index in [0.717, 1.165) is 12.5 Å². The van der Waals surface area contributed by atoms with E-state index in [2.05, 4.69) is 13.8 Å². The fraction of sp³-hybridized carbons (Fsp3) is 1.00. The Morgan fingerprint density at radius 2 is 2.33 bits per heavy atom.